The van der Waals surface area contributed by atoms with Gasteiger partial charge in [-0.1, -0.05) is 18.2 Å². The summed E-state index contributed by atoms with van der Waals surface area (Å²) in [6.45, 7) is 2.11. The van der Waals surface area contributed by atoms with Gasteiger partial charge in [-0.15, -0.1) is 0 Å². The molecule has 3 rings (SSSR count). The predicted octanol–water partition coefficient (Wildman–Crippen LogP) is 2.40. The maximum atomic E-state index is 12.4. The Labute approximate surface area is 129 Å². The minimum atomic E-state index is -3.63. The number of hydrogen-bond acceptors (Lipinski definition) is 3. The van der Waals surface area contributed by atoms with Crippen LogP contribution < -0.4 is 9.62 Å². The molecule has 2 aromatic carbocycles. The fourth-order valence-corrected chi connectivity index (χ4v) is 3.70. The number of carbonyl (C=O) groups is 1. The van der Waals surface area contributed by atoms with E-state index < -0.39 is 10.0 Å². The number of sulfonamides is 1. The molecule has 0 radical (unpaired) electrons. The highest BCUT2D eigenvalue weighted by molar-refractivity contribution is 7.92. The van der Waals surface area contributed by atoms with Crippen LogP contribution in [0.5, 0.6) is 0 Å². The lowest BCUT2D eigenvalue weighted by molar-refractivity contribution is -0.116. The number of amides is 1. The van der Waals surface area contributed by atoms with Crippen molar-refractivity contribution in [2.45, 2.75) is 18.2 Å². The van der Waals surface area contributed by atoms with E-state index in [-0.39, 0.29) is 10.8 Å². The second-order valence-electron chi connectivity index (χ2n) is 5.18. The summed E-state index contributed by atoms with van der Waals surface area (Å²) in [6, 6.07) is 13.6. The molecule has 1 heterocycles. The van der Waals surface area contributed by atoms with Crippen molar-refractivity contribution in [1.82, 2.24) is 0 Å². The summed E-state index contributed by atoms with van der Waals surface area (Å²) in [5.41, 5.74) is 2.20. The van der Waals surface area contributed by atoms with Crippen LogP contribution in [0, 0.1) is 0 Å². The number of nitrogens with zero attached hydrogens (tertiary/aromatic N) is 1. The van der Waals surface area contributed by atoms with Crippen LogP contribution in [0.1, 0.15) is 12.5 Å². The van der Waals surface area contributed by atoms with Gasteiger partial charge in [0.1, 0.15) is 0 Å². The van der Waals surface area contributed by atoms with Crippen molar-refractivity contribution in [3.8, 4) is 0 Å². The van der Waals surface area contributed by atoms with E-state index in [9.17, 15) is 13.2 Å². The second-order valence-corrected chi connectivity index (χ2v) is 6.87. The molecule has 1 aliphatic heterocycles. The maximum absolute atomic E-state index is 12.4. The molecular formula is C16H16N2O3S. The molecule has 0 spiro atoms. The zero-order valence-electron chi connectivity index (χ0n) is 12.1. The van der Waals surface area contributed by atoms with E-state index in [0.29, 0.717) is 18.7 Å². The van der Waals surface area contributed by atoms with Gasteiger partial charge in [-0.05, 0) is 42.3 Å². The van der Waals surface area contributed by atoms with Gasteiger partial charge in [-0.3, -0.25) is 9.52 Å². The third-order valence-corrected chi connectivity index (χ3v) is 5.04. The Hall–Kier alpha value is -2.34. The Morgan fingerprint density at radius 1 is 1.14 bits per heavy atom. The summed E-state index contributed by atoms with van der Waals surface area (Å²) >= 11 is 0. The number of nitrogens with one attached hydrogen (secondary N) is 1. The lowest BCUT2D eigenvalue weighted by Crippen LogP contribution is -2.25. The van der Waals surface area contributed by atoms with Crippen molar-refractivity contribution >= 4 is 27.3 Å². The van der Waals surface area contributed by atoms with Gasteiger partial charge in [0.2, 0.25) is 5.91 Å². The van der Waals surface area contributed by atoms with Crippen molar-refractivity contribution in [3.05, 3.63) is 54.1 Å². The quantitative estimate of drug-likeness (QED) is 0.945. The smallest absolute Gasteiger partial charge is 0.261 e. The van der Waals surface area contributed by atoms with E-state index in [1.54, 1.807) is 41.3 Å². The summed E-state index contributed by atoms with van der Waals surface area (Å²) < 4.78 is 27.4. The van der Waals surface area contributed by atoms with Crippen molar-refractivity contribution in [1.29, 1.82) is 0 Å². The Morgan fingerprint density at radius 2 is 1.86 bits per heavy atom. The molecular weight excluding hydrogens is 300 g/mol. The minimum absolute atomic E-state index is 0.0308. The molecule has 0 saturated carbocycles. The fourth-order valence-electron chi connectivity index (χ4n) is 2.59. The Balaban J connectivity index is 1.91. The summed E-state index contributed by atoms with van der Waals surface area (Å²) in [7, 11) is -3.63. The van der Waals surface area contributed by atoms with Crippen LogP contribution in [-0.4, -0.2) is 20.9 Å². The Kier molecular flexibility index (Phi) is 3.62. The summed E-state index contributed by atoms with van der Waals surface area (Å²) in [4.78, 5) is 13.4. The third-order valence-electron chi connectivity index (χ3n) is 3.66. The number of hydrogen-bond donors (Lipinski definition) is 1. The van der Waals surface area contributed by atoms with Crippen LogP contribution in [0.4, 0.5) is 11.4 Å². The SMILES string of the molecule is CC(=O)N1CCc2cc(S(=O)(=O)Nc3ccccc3)ccc21. The van der Waals surface area contributed by atoms with Gasteiger partial charge in [0.05, 0.1) is 4.90 Å². The van der Waals surface area contributed by atoms with Crippen LogP contribution in [-0.2, 0) is 21.2 Å². The monoisotopic (exact) mass is 316 g/mol. The first kappa shape index (κ1) is 14.6. The highest BCUT2D eigenvalue weighted by atomic mass is 32.2. The molecule has 1 amide bonds. The molecule has 0 aromatic heterocycles. The highest BCUT2D eigenvalue weighted by Gasteiger charge is 2.24. The van der Waals surface area contributed by atoms with E-state index in [2.05, 4.69) is 4.72 Å². The number of para-hydroxylation sites is 1. The van der Waals surface area contributed by atoms with E-state index in [1.807, 2.05) is 6.07 Å². The fraction of sp³-hybridized carbons (Fsp3) is 0.188. The van der Waals surface area contributed by atoms with Gasteiger partial charge >= 0.3 is 0 Å². The van der Waals surface area contributed by atoms with E-state index in [4.69, 9.17) is 0 Å². The molecule has 0 fully saturated rings. The van der Waals surface area contributed by atoms with Crippen LogP contribution in [0.25, 0.3) is 0 Å². The lowest BCUT2D eigenvalue weighted by Gasteiger charge is -2.15. The molecule has 22 heavy (non-hydrogen) atoms. The van der Waals surface area contributed by atoms with Gasteiger partial charge in [0, 0.05) is 24.8 Å². The standard InChI is InChI=1S/C16H16N2O3S/c1-12(19)18-10-9-13-11-15(7-8-16(13)18)22(20,21)17-14-5-3-2-4-6-14/h2-8,11,17H,9-10H2,1H3. The topological polar surface area (TPSA) is 66.5 Å². The zero-order chi connectivity index (χ0) is 15.7. The predicted molar refractivity (Wildman–Crippen MR) is 85.4 cm³/mol. The number of carbonyl (C=O) groups excluding carboxylic acids is 1. The highest BCUT2D eigenvalue weighted by Crippen LogP contribution is 2.30. The first-order chi connectivity index (χ1) is 10.5. The first-order valence-electron chi connectivity index (χ1n) is 6.96. The molecule has 0 atom stereocenters. The van der Waals surface area contributed by atoms with E-state index in [0.717, 1.165) is 11.3 Å². The largest absolute Gasteiger partial charge is 0.312 e. The van der Waals surface area contributed by atoms with Gasteiger partial charge in [0.15, 0.2) is 0 Å². The second kappa shape index (κ2) is 5.46. The number of anilines is 2. The van der Waals surface area contributed by atoms with Crippen LogP contribution in [0.3, 0.4) is 0 Å². The van der Waals surface area contributed by atoms with E-state index in [1.165, 1.54) is 13.0 Å². The summed E-state index contributed by atoms with van der Waals surface area (Å²) in [5.74, 6) is -0.0308. The molecule has 114 valence electrons. The van der Waals surface area contributed by atoms with E-state index >= 15 is 0 Å². The van der Waals surface area contributed by atoms with Crippen molar-refractivity contribution in [3.63, 3.8) is 0 Å². The molecule has 0 unspecified atom stereocenters. The molecule has 6 heteroatoms. The molecule has 0 aliphatic carbocycles. The van der Waals surface area contributed by atoms with Crippen molar-refractivity contribution < 1.29 is 13.2 Å². The molecule has 1 N–H and O–H groups in total. The third kappa shape index (κ3) is 2.69. The van der Waals surface area contributed by atoms with Crippen LogP contribution in [0.15, 0.2) is 53.4 Å². The van der Waals surface area contributed by atoms with Gasteiger partial charge < -0.3 is 4.90 Å². The molecule has 0 bridgehead atoms. The lowest BCUT2D eigenvalue weighted by atomic mass is 10.2. The molecule has 2 aromatic rings. The van der Waals surface area contributed by atoms with Crippen LogP contribution in [0.2, 0.25) is 0 Å². The Morgan fingerprint density at radius 3 is 2.55 bits per heavy atom. The summed E-state index contributed by atoms with van der Waals surface area (Å²) in [6.07, 6.45) is 0.670. The normalized spacial score (nSPS) is 13.8. The maximum Gasteiger partial charge on any atom is 0.261 e. The average Bonchev–Trinajstić information content (AvgIpc) is 2.91. The molecule has 1 aliphatic rings. The molecule has 5 nitrogen and oxygen atoms in total. The van der Waals surface area contributed by atoms with Crippen molar-refractivity contribution in [2.24, 2.45) is 0 Å². The number of fused-ring (bicyclic) bond motifs is 1. The average molecular weight is 316 g/mol. The van der Waals surface area contributed by atoms with Crippen molar-refractivity contribution in [2.75, 3.05) is 16.2 Å². The van der Waals surface area contributed by atoms with Gasteiger partial charge in [-0.25, -0.2) is 8.42 Å². The number of benzene rings is 2. The minimum Gasteiger partial charge on any atom is -0.312 e. The van der Waals surface area contributed by atoms with Gasteiger partial charge in [0.25, 0.3) is 10.0 Å². The molecule has 0 saturated heterocycles. The first-order valence-corrected chi connectivity index (χ1v) is 8.44. The zero-order valence-corrected chi connectivity index (χ0v) is 12.9. The number of rotatable bonds is 3. The summed E-state index contributed by atoms with van der Waals surface area (Å²) in [5, 5.41) is 0. The van der Waals surface area contributed by atoms with Gasteiger partial charge in [-0.2, -0.15) is 0 Å². The van der Waals surface area contributed by atoms with Crippen LogP contribution >= 0.6 is 0 Å². The Bertz CT molecular complexity index is 817.